The average Bonchev–Trinajstić information content (AvgIpc) is 3.28. The summed E-state index contributed by atoms with van der Waals surface area (Å²) in [6.07, 6.45) is 1.66. The molecule has 0 saturated heterocycles. The minimum Gasteiger partial charge on any atom is -0.351 e. The summed E-state index contributed by atoms with van der Waals surface area (Å²) in [5.74, 6) is 0.232. The first-order valence-corrected chi connectivity index (χ1v) is 9.80. The van der Waals surface area contributed by atoms with Crippen LogP contribution in [0.3, 0.4) is 0 Å². The number of aryl methyl sites for hydroxylation is 1. The lowest BCUT2D eigenvalue weighted by molar-refractivity contribution is -0.119. The molecule has 0 saturated carbocycles. The van der Waals surface area contributed by atoms with Gasteiger partial charge in [0.05, 0.1) is 22.9 Å². The molecule has 0 unspecified atom stereocenters. The molecule has 3 rings (SSSR count). The Hall–Kier alpha value is -2.45. The highest BCUT2D eigenvalue weighted by Crippen LogP contribution is 2.24. The van der Waals surface area contributed by atoms with Crippen molar-refractivity contribution < 1.29 is 9.59 Å². The summed E-state index contributed by atoms with van der Waals surface area (Å²) in [6.45, 7) is 3.94. The Morgan fingerprint density at radius 3 is 2.81 bits per heavy atom. The van der Waals surface area contributed by atoms with E-state index < -0.39 is 0 Å². The first-order valence-electron chi connectivity index (χ1n) is 8.00. The zero-order valence-electron chi connectivity index (χ0n) is 14.4. The molecule has 6 nitrogen and oxygen atoms in total. The van der Waals surface area contributed by atoms with Gasteiger partial charge in [0, 0.05) is 11.8 Å². The Kier molecular flexibility index (Phi) is 5.85. The van der Waals surface area contributed by atoms with E-state index in [-0.39, 0.29) is 17.4 Å². The van der Waals surface area contributed by atoms with E-state index in [1.54, 1.807) is 12.4 Å². The number of ketones is 1. The molecule has 0 fully saturated rings. The number of rotatable bonds is 7. The van der Waals surface area contributed by atoms with Gasteiger partial charge in [-0.2, -0.15) is 0 Å². The first-order chi connectivity index (χ1) is 12.5. The van der Waals surface area contributed by atoms with Gasteiger partial charge in [-0.1, -0.05) is 30.0 Å². The van der Waals surface area contributed by atoms with Crippen LogP contribution in [0, 0.1) is 6.92 Å². The molecule has 1 N–H and O–H groups in total. The number of nitrogens with one attached hydrogen (secondary N) is 1. The zero-order chi connectivity index (χ0) is 18.5. The fourth-order valence-corrected chi connectivity index (χ4v) is 4.14. The van der Waals surface area contributed by atoms with Gasteiger partial charge in [-0.3, -0.25) is 14.2 Å². The molecule has 0 aliphatic carbocycles. The molecule has 0 aliphatic heterocycles. The maximum atomic E-state index is 12.5. The molecule has 3 aromatic rings. The summed E-state index contributed by atoms with van der Waals surface area (Å²) in [5, 5.41) is 11.5. The van der Waals surface area contributed by atoms with E-state index in [1.807, 2.05) is 41.8 Å². The maximum absolute atomic E-state index is 12.5. The lowest BCUT2D eigenvalue weighted by Crippen LogP contribution is -2.18. The van der Waals surface area contributed by atoms with Crippen LogP contribution in [-0.2, 0) is 11.3 Å². The highest BCUT2D eigenvalue weighted by molar-refractivity contribution is 7.99. The number of Topliss-reactive ketones (excluding diaryl/α,β-unsaturated/α-hetero) is 1. The number of aromatic nitrogens is 3. The molecule has 8 heteroatoms. The van der Waals surface area contributed by atoms with Crippen LogP contribution in [0.4, 0.5) is 0 Å². The molecule has 1 amide bonds. The van der Waals surface area contributed by atoms with Crippen LogP contribution >= 0.6 is 23.1 Å². The quantitative estimate of drug-likeness (QED) is 0.498. The van der Waals surface area contributed by atoms with Crippen molar-refractivity contribution in [2.24, 2.45) is 0 Å². The van der Waals surface area contributed by atoms with E-state index in [9.17, 15) is 9.59 Å². The number of hydrogen-bond acceptors (Lipinski definition) is 6. The van der Waals surface area contributed by atoms with Crippen molar-refractivity contribution >= 4 is 34.8 Å². The van der Waals surface area contributed by atoms with Gasteiger partial charge in [-0.25, -0.2) is 0 Å². The minimum atomic E-state index is -0.0858. The first kappa shape index (κ1) is 18.3. The number of para-hydroxylation sites is 1. The predicted octanol–water partition coefficient (Wildman–Crippen LogP) is 3.25. The van der Waals surface area contributed by atoms with Crippen molar-refractivity contribution in [2.75, 3.05) is 5.75 Å². The van der Waals surface area contributed by atoms with Gasteiger partial charge >= 0.3 is 0 Å². The summed E-state index contributed by atoms with van der Waals surface area (Å²) in [6, 6.07) is 11.6. The molecular formula is C18H18N4O2S2. The van der Waals surface area contributed by atoms with Gasteiger partial charge in [0.1, 0.15) is 6.33 Å². The van der Waals surface area contributed by atoms with Crippen LogP contribution in [0.25, 0.3) is 5.69 Å². The van der Waals surface area contributed by atoms with Crippen LogP contribution in [-0.4, -0.2) is 32.2 Å². The molecular weight excluding hydrogens is 368 g/mol. The van der Waals surface area contributed by atoms with Gasteiger partial charge in [0.2, 0.25) is 5.91 Å². The standard InChI is InChI=1S/C18H18N4O2S2/c1-12-5-3-4-6-15(12)22-11-20-21-18(22)25-10-16(24)17-8-7-14(26-17)9-19-13(2)23/h3-8,11H,9-10H2,1-2H3,(H,19,23). The lowest BCUT2D eigenvalue weighted by Gasteiger charge is -2.08. The van der Waals surface area contributed by atoms with E-state index in [2.05, 4.69) is 15.5 Å². The molecule has 0 aliphatic rings. The van der Waals surface area contributed by atoms with Gasteiger partial charge in [0.15, 0.2) is 10.9 Å². The minimum absolute atomic E-state index is 0.0356. The normalized spacial score (nSPS) is 10.7. The molecule has 0 spiro atoms. The molecule has 2 aromatic heterocycles. The molecule has 0 atom stereocenters. The van der Waals surface area contributed by atoms with E-state index >= 15 is 0 Å². The molecule has 134 valence electrons. The largest absolute Gasteiger partial charge is 0.351 e. The number of carbonyl (C=O) groups is 2. The number of nitrogens with zero attached hydrogens (tertiary/aromatic N) is 3. The zero-order valence-corrected chi connectivity index (χ0v) is 16.1. The van der Waals surface area contributed by atoms with E-state index in [0.717, 1.165) is 16.1 Å². The van der Waals surface area contributed by atoms with E-state index in [4.69, 9.17) is 0 Å². The molecule has 0 bridgehead atoms. The van der Waals surface area contributed by atoms with Crippen molar-refractivity contribution in [3.63, 3.8) is 0 Å². The monoisotopic (exact) mass is 386 g/mol. The average molecular weight is 387 g/mol. The number of amides is 1. The molecule has 2 heterocycles. The third-order valence-electron chi connectivity index (χ3n) is 3.67. The summed E-state index contributed by atoms with van der Waals surface area (Å²) < 4.78 is 1.89. The number of thioether (sulfide) groups is 1. The van der Waals surface area contributed by atoms with Gasteiger partial charge in [-0.05, 0) is 30.7 Å². The summed E-state index contributed by atoms with van der Waals surface area (Å²) in [4.78, 5) is 25.1. The van der Waals surface area contributed by atoms with Crippen molar-refractivity contribution in [1.29, 1.82) is 0 Å². The van der Waals surface area contributed by atoms with Crippen LogP contribution in [0.5, 0.6) is 0 Å². The lowest BCUT2D eigenvalue weighted by atomic mass is 10.2. The number of carbonyl (C=O) groups excluding carboxylic acids is 2. The fraction of sp³-hybridized carbons (Fsp3) is 0.222. The summed E-state index contributed by atoms with van der Waals surface area (Å²) in [7, 11) is 0. The van der Waals surface area contributed by atoms with Crippen LogP contribution in [0.2, 0.25) is 0 Å². The van der Waals surface area contributed by atoms with Crippen molar-refractivity contribution in [2.45, 2.75) is 25.5 Å². The van der Waals surface area contributed by atoms with Gasteiger partial charge < -0.3 is 5.32 Å². The Bertz CT molecular complexity index is 933. The topological polar surface area (TPSA) is 76.9 Å². The molecule has 1 aromatic carbocycles. The van der Waals surface area contributed by atoms with Crippen molar-refractivity contribution in [1.82, 2.24) is 20.1 Å². The highest BCUT2D eigenvalue weighted by atomic mass is 32.2. The second-order valence-corrected chi connectivity index (χ2v) is 7.77. The van der Waals surface area contributed by atoms with Crippen LogP contribution < -0.4 is 5.32 Å². The third-order valence-corrected chi connectivity index (χ3v) is 5.74. The molecule has 26 heavy (non-hydrogen) atoms. The van der Waals surface area contributed by atoms with Gasteiger partial charge in [0.25, 0.3) is 0 Å². The SMILES string of the molecule is CC(=O)NCc1ccc(C(=O)CSc2nncn2-c2ccccc2C)s1. The van der Waals surface area contributed by atoms with E-state index in [1.165, 1.54) is 30.0 Å². The highest BCUT2D eigenvalue weighted by Gasteiger charge is 2.14. The summed E-state index contributed by atoms with van der Waals surface area (Å²) in [5.41, 5.74) is 2.11. The molecule has 0 radical (unpaired) electrons. The number of benzene rings is 1. The van der Waals surface area contributed by atoms with Crippen molar-refractivity contribution in [3.05, 3.63) is 58.0 Å². The maximum Gasteiger partial charge on any atom is 0.217 e. The Morgan fingerprint density at radius 2 is 2.04 bits per heavy atom. The Labute approximate surface area is 159 Å². The number of hydrogen-bond donors (Lipinski definition) is 1. The smallest absolute Gasteiger partial charge is 0.217 e. The number of thiophene rings is 1. The second kappa shape index (κ2) is 8.29. The Balaban J connectivity index is 1.65. The third kappa shape index (κ3) is 4.39. The second-order valence-electron chi connectivity index (χ2n) is 5.66. The van der Waals surface area contributed by atoms with E-state index in [0.29, 0.717) is 16.6 Å². The fourth-order valence-electron chi connectivity index (χ4n) is 2.36. The predicted molar refractivity (Wildman–Crippen MR) is 103 cm³/mol. The van der Waals surface area contributed by atoms with Crippen LogP contribution in [0.15, 0.2) is 47.9 Å². The Morgan fingerprint density at radius 1 is 1.23 bits per heavy atom. The van der Waals surface area contributed by atoms with Crippen molar-refractivity contribution in [3.8, 4) is 5.69 Å². The van der Waals surface area contributed by atoms with Gasteiger partial charge in [-0.15, -0.1) is 21.5 Å². The van der Waals surface area contributed by atoms with Crippen LogP contribution in [0.1, 0.15) is 27.0 Å². The summed E-state index contributed by atoms with van der Waals surface area (Å²) >= 11 is 2.77.